The zero-order valence-electron chi connectivity index (χ0n) is 15.5. The van der Waals surface area contributed by atoms with E-state index in [9.17, 15) is 4.79 Å². The Kier molecular flexibility index (Phi) is 4.74. The highest BCUT2D eigenvalue weighted by Crippen LogP contribution is 2.46. The fourth-order valence-corrected chi connectivity index (χ4v) is 5.18. The van der Waals surface area contributed by atoms with Gasteiger partial charge in [0.1, 0.15) is 5.75 Å². The van der Waals surface area contributed by atoms with Gasteiger partial charge in [-0.05, 0) is 49.8 Å². The van der Waals surface area contributed by atoms with Crippen molar-refractivity contribution in [1.82, 2.24) is 9.88 Å². The molecule has 0 N–H and O–H groups in total. The number of aryl methyl sites for hydroxylation is 1. The molecule has 1 aromatic heterocycles. The molecule has 2 heterocycles. The second-order valence-electron chi connectivity index (χ2n) is 7.66. The Morgan fingerprint density at radius 3 is 2.69 bits per heavy atom. The third-order valence-electron chi connectivity index (χ3n) is 5.96. The number of amides is 1. The van der Waals surface area contributed by atoms with Gasteiger partial charge in [0.05, 0.1) is 17.5 Å². The monoisotopic (exact) mass is 370 g/mol. The Bertz CT molecular complexity index is 780. The van der Waals surface area contributed by atoms with Crippen molar-refractivity contribution in [1.29, 1.82) is 0 Å². The number of thiazole rings is 1. The van der Waals surface area contributed by atoms with Gasteiger partial charge in [0, 0.05) is 30.6 Å². The van der Waals surface area contributed by atoms with Crippen LogP contribution in [-0.2, 0) is 16.6 Å². The van der Waals surface area contributed by atoms with E-state index in [1.54, 1.807) is 18.4 Å². The summed E-state index contributed by atoms with van der Waals surface area (Å²) in [6.45, 7) is 3.79. The maximum Gasteiger partial charge on any atom is 0.233 e. The number of benzene rings is 1. The van der Waals surface area contributed by atoms with E-state index in [0.717, 1.165) is 62.2 Å². The van der Waals surface area contributed by atoms with E-state index in [1.165, 1.54) is 5.01 Å². The van der Waals surface area contributed by atoms with Crippen LogP contribution < -0.4 is 4.74 Å². The lowest BCUT2D eigenvalue weighted by atomic mass is 9.63. The van der Waals surface area contributed by atoms with Gasteiger partial charge in [-0.15, -0.1) is 11.3 Å². The summed E-state index contributed by atoms with van der Waals surface area (Å²) in [6, 6.07) is 8.09. The topological polar surface area (TPSA) is 42.4 Å². The lowest BCUT2D eigenvalue weighted by Crippen LogP contribution is -2.50. The first-order valence-corrected chi connectivity index (χ1v) is 10.3. The quantitative estimate of drug-likeness (QED) is 0.800. The Labute approximate surface area is 159 Å². The van der Waals surface area contributed by atoms with E-state index >= 15 is 0 Å². The Morgan fingerprint density at radius 1 is 1.35 bits per heavy atom. The minimum absolute atomic E-state index is 0.307. The summed E-state index contributed by atoms with van der Waals surface area (Å²) in [5.41, 5.74) is 1.94. The van der Waals surface area contributed by atoms with Crippen molar-refractivity contribution in [3.05, 3.63) is 45.9 Å². The molecule has 1 saturated heterocycles. The molecule has 1 atom stereocenters. The number of hydrogen-bond acceptors (Lipinski definition) is 4. The molecule has 1 aliphatic carbocycles. The molecule has 0 bridgehead atoms. The van der Waals surface area contributed by atoms with Crippen LogP contribution in [0.2, 0.25) is 0 Å². The fourth-order valence-electron chi connectivity index (χ4n) is 4.30. The van der Waals surface area contributed by atoms with Gasteiger partial charge in [-0.1, -0.05) is 18.6 Å². The highest BCUT2D eigenvalue weighted by atomic mass is 32.1. The molecule has 0 radical (unpaired) electrons. The van der Waals surface area contributed by atoms with E-state index in [1.807, 2.05) is 19.1 Å². The van der Waals surface area contributed by atoms with Crippen molar-refractivity contribution >= 4 is 17.2 Å². The second kappa shape index (κ2) is 7.03. The van der Waals surface area contributed by atoms with Crippen molar-refractivity contribution in [3.8, 4) is 5.75 Å². The van der Waals surface area contributed by atoms with Crippen LogP contribution in [-0.4, -0.2) is 36.0 Å². The van der Waals surface area contributed by atoms with Crippen molar-refractivity contribution < 1.29 is 9.53 Å². The van der Waals surface area contributed by atoms with Crippen molar-refractivity contribution in [2.75, 3.05) is 20.2 Å². The van der Waals surface area contributed by atoms with Crippen LogP contribution in [0.4, 0.5) is 0 Å². The standard InChI is InChI=1S/C21H26N2O2S/c1-15-14-26-19(22-15)12-16-8-11-23(13-16)20(24)21(9-3-10-21)17-4-6-18(25-2)7-5-17/h4-7,14,16H,3,8-13H2,1-2H3. The van der Waals surface area contributed by atoms with Gasteiger partial charge in [-0.2, -0.15) is 0 Å². The molecule has 1 unspecified atom stereocenters. The largest absolute Gasteiger partial charge is 0.497 e. The second-order valence-corrected chi connectivity index (χ2v) is 8.60. The van der Waals surface area contributed by atoms with Crippen molar-refractivity contribution in [2.45, 2.75) is 44.4 Å². The summed E-state index contributed by atoms with van der Waals surface area (Å²) in [5, 5.41) is 3.32. The molecule has 1 amide bonds. The highest BCUT2D eigenvalue weighted by molar-refractivity contribution is 7.09. The molecule has 26 heavy (non-hydrogen) atoms. The number of carbonyl (C=O) groups is 1. The number of carbonyl (C=O) groups excluding carboxylic acids is 1. The van der Waals surface area contributed by atoms with E-state index in [0.29, 0.717) is 11.8 Å². The molecule has 1 aromatic carbocycles. The maximum atomic E-state index is 13.4. The van der Waals surface area contributed by atoms with Gasteiger partial charge in [0.25, 0.3) is 0 Å². The SMILES string of the molecule is COc1ccc(C2(C(=O)N3CCC(Cc4nc(C)cs4)C3)CCC2)cc1. The summed E-state index contributed by atoms with van der Waals surface area (Å²) in [5.74, 6) is 1.71. The van der Waals surface area contributed by atoms with Gasteiger partial charge < -0.3 is 9.64 Å². The van der Waals surface area contributed by atoms with Gasteiger partial charge in [-0.25, -0.2) is 4.98 Å². The summed E-state index contributed by atoms with van der Waals surface area (Å²) in [6.07, 6.45) is 5.14. The summed E-state index contributed by atoms with van der Waals surface area (Å²) in [4.78, 5) is 20.1. The normalized spacial score (nSPS) is 21.5. The first-order valence-electron chi connectivity index (χ1n) is 9.46. The van der Waals surface area contributed by atoms with E-state index in [-0.39, 0.29) is 5.41 Å². The van der Waals surface area contributed by atoms with Crippen molar-refractivity contribution in [2.24, 2.45) is 5.92 Å². The number of methoxy groups -OCH3 is 1. The lowest BCUT2D eigenvalue weighted by Gasteiger charge is -2.43. The molecule has 2 aromatic rings. The number of rotatable bonds is 5. The number of ether oxygens (including phenoxy) is 1. The maximum absolute atomic E-state index is 13.4. The van der Waals surface area contributed by atoms with Crippen LogP contribution in [0.5, 0.6) is 5.75 Å². The number of likely N-dealkylation sites (tertiary alicyclic amines) is 1. The number of aromatic nitrogens is 1. The molecular formula is C21H26N2O2S. The lowest BCUT2D eigenvalue weighted by molar-refractivity contribution is -0.140. The zero-order chi connectivity index (χ0) is 18.1. The van der Waals surface area contributed by atoms with E-state index < -0.39 is 0 Å². The highest BCUT2D eigenvalue weighted by Gasteiger charge is 2.48. The molecule has 1 saturated carbocycles. The molecule has 0 spiro atoms. The number of hydrogen-bond donors (Lipinski definition) is 0. The van der Waals surface area contributed by atoms with Crippen LogP contribution in [0.15, 0.2) is 29.6 Å². The molecule has 4 rings (SSSR count). The van der Waals surface area contributed by atoms with Gasteiger partial charge in [-0.3, -0.25) is 4.79 Å². The summed E-state index contributed by atoms with van der Waals surface area (Å²) >= 11 is 1.74. The molecule has 2 aliphatic rings. The van der Waals surface area contributed by atoms with Crippen LogP contribution in [0.3, 0.4) is 0 Å². The molecule has 2 fully saturated rings. The first kappa shape index (κ1) is 17.5. The Balaban J connectivity index is 1.45. The van der Waals surface area contributed by atoms with Gasteiger partial charge >= 0.3 is 0 Å². The predicted molar refractivity (Wildman–Crippen MR) is 104 cm³/mol. The first-order chi connectivity index (χ1) is 12.6. The molecular weight excluding hydrogens is 344 g/mol. The fraction of sp³-hybridized carbons (Fsp3) is 0.524. The Hall–Kier alpha value is -1.88. The Morgan fingerprint density at radius 2 is 2.12 bits per heavy atom. The average Bonchev–Trinajstić information content (AvgIpc) is 3.24. The van der Waals surface area contributed by atoms with Gasteiger partial charge in [0.15, 0.2) is 0 Å². The smallest absolute Gasteiger partial charge is 0.233 e. The molecule has 4 nitrogen and oxygen atoms in total. The molecule has 5 heteroatoms. The predicted octanol–water partition coefficient (Wildman–Crippen LogP) is 3.97. The number of nitrogens with zero attached hydrogens (tertiary/aromatic N) is 2. The summed E-state index contributed by atoms with van der Waals surface area (Å²) in [7, 11) is 1.67. The molecule has 1 aliphatic heterocycles. The van der Waals surface area contributed by atoms with Gasteiger partial charge in [0.2, 0.25) is 5.91 Å². The van der Waals surface area contributed by atoms with E-state index in [4.69, 9.17) is 4.74 Å². The van der Waals surface area contributed by atoms with Crippen molar-refractivity contribution in [3.63, 3.8) is 0 Å². The average molecular weight is 371 g/mol. The minimum atomic E-state index is -0.307. The van der Waals surface area contributed by atoms with Crippen LogP contribution >= 0.6 is 11.3 Å². The zero-order valence-corrected chi connectivity index (χ0v) is 16.3. The summed E-state index contributed by atoms with van der Waals surface area (Å²) < 4.78 is 5.27. The minimum Gasteiger partial charge on any atom is -0.497 e. The van der Waals surface area contributed by atoms with E-state index in [2.05, 4.69) is 27.4 Å². The third-order valence-corrected chi connectivity index (χ3v) is 6.95. The third kappa shape index (κ3) is 3.13. The molecule has 138 valence electrons. The van der Waals surface area contributed by atoms with Crippen LogP contribution in [0.1, 0.15) is 41.9 Å². The van der Waals surface area contributed by atoms with Crippen LogP contribution in [0, 0.1) is 12.8 Å². The van der Waals surface area contributed by atoms with Crippen LogP contribution in [0.25, 0.3) is 0 Å².